The van der Waals surface area contributed by atoms with Gasteiger partial charge in [-0.15, -0.1) is 0 Å². The summed E-state index contributed by atoms with van der Waals surface area (Å²) in [5.41, 5.74) is 6.33. The van der Waals surface area contributed by atoms with Crippen molar-refractivity contribution in [3.63, 3.8) is 0 Å². The molecule has 0 aliphatic rings. The lowest BCUT2D eigenvalue weighted by atomic mass is 9.99. The highest BCUT2D eigenvalue weighted by Gasteiger charge is 2.16. The van der Waals surface area contributed by atoms with Gasteiger partial charge >= 0.3 is 0 Å². The van der Waals surface area contributed by atoms with Crippen LogP contribution in [0.4, 0.5) is 0 Å². The zero-order valence-electron chi connectivity index (χ0n) is 16.3. The number of aryl methyl sites for hydroxylation is 4. The van der Waals surface area contributed by atoms with E-state index >= 15 is 0 Å². The second-order valence-corrected chi connectivity index (χ2v) is 7.37. The van der Waals surface area contributed by atoms with Gasteiger partial charge in [0.1, 0.15) is 0 Å². The van der Waals surface area contributed by atoms with Crippen LogP contribution in [0.25, 0.3) is 11.0 Å². The van der Waals surface area contributed by atoms with Gasteiger partial charge in [0.05, 0.1) is 5.69 Å². The van der Waals surface area contributed by atoms with Gasteiger partial charge in [-0.2, -0.15) is 5.10 Å². The average molecular weight is 385 g/mol. The van der Waals surface area contributed by atoms with Crippen molar-refractivity contribution in [3.8, 4) is 0 Å². The van der Waals surface area contributed by atoms with Crippen LogP contribution in [0.15, 0.2) is 24.3 Å². The lowest BCUT2D eigenvalue weighted by Gasteiger charge is -2.11. The standard InChI is InChI=1S/C21H25ClN4O/c1-13-18(14(2)24-21-20(13)15(3)25-26(21)4)9-10-19(27)23-12-11-16-5-7-17(22)8-6-16/h5-8H,9-12H2,1-4H3,(H,23,27). The van der Waals surface area contributed by atoms with Crippen LogP contribution in [0.5, 0.6) is 0 Å². The topological polar surface area (TPSA) is 59.8 Å². The molecule has 0 radical (unpaired) electrons. The third-order valence-electron chi connectivity index (χ3n) is 4.98. The molecule has 0 aliphatic carbocycles. The minimum Gasteiger partial charge on any atom is -0.356 e. The molecule has 0 spiro atoms. The highest BCUT2D eigenvalue weighted by molar-refractivity contribution is 6.30. The number of aromatic nitrogens is 3. The smallest absolute Gasteiger partial charge is 0.220 e. The second kappa shape index (κ2) is 8.09. The molecule has 5 nitrogen and oxygen atoms in total. The SMILES string of the molecule is Cc1nc2c(c(C)nn2C)c(C)c1CCC(=O)NCCc1ccc(Cl)cc1. The third-order valence-corrected chi connectivity index (χ3v) is 5.23. The summed E-state index contributed by atoms with van der Waals surface area (Å²) < 4.78 is 1.82. The Labute approximate surface area is 164 Å². The Hall–Kier alpha value is -2.40. The molecule has 0 fully saturated rings. The Morgan fingerprint density at radius 3 is 2.52 bits per heavy atom. The van der Waals surface area contributed by atoms with E-state index in [4.69, 9.17) is 16.6 Å². The van der Waals surface area contributed by atoms with Crippen LogP contribution in [0.3, 0.4) is 0 Å². The molecule has 2 aromatic heterocycles. The maximum Gasteiger partial charge on any atom is 0.220 e. The number of benzene rings is 1. The number of fused-ring (bicyclic) bond motifs is 1. The number of amides is 1. The highest BCUT2D eigenvalue weighted by Crippen LogP contribution is 2.25. The summed E-state index contributed by atoms with van der Waals surface area (Å²) in [5, 5.41) is 9.29. The molecule has 0 aliphatic heterocycles. The van der Waals surface area contributed by atoms with E-state index in [9.17, 15) is 4.79 Å². The van der Waals surface area contributed by atoms with E-state index in [0.717, 1.165) is 45.0 Å². The molecule has 3 aromatic rings. The number of carbonyl (C=O) groups is 1. The number of nitrogens with zero attached hydrogens (tertiary/aromatic N) is 3. The Balaban J connectivity index is 1.60. The van der Waals surface area contributed by atoms with Gasteiger partial charge in [0.15, 0.2) is 5.65 Å². The number of halogens is 1. The lowest BCUT2D eigenvalue weighted by molar-refractivity contribution is -0.121. The van der Waals surface area contributed by atoms with Crippen molar-refractivity contribution in [1.82, 2.24) is 20.1 Å². The van der Waals surface area contributed by atoms with E-state index in [-0.39, 0.29) is 5.91 Å². The molecule has 0 saturated carbocycles. The number of hydrogen-bond acceptors (Lipinski definition) is 3. The van der Waals surface area contributed by atoms with E-state index in [0.29, 0.717) is 19.4 Å². The summed E-state index contributed by atoms with van der Waals surface area (Å²) in [6, 6.07) is 7.71. The summed E-state index contributed by atoms with van der Waals surface area (Å²) in [6.07, 6.45) is 1.93. The molecule has 0 saturated heterocycles. The molecule has 6 heteroatoms. The number of hydrogen-bond donors (Lipinski definition) is 1. The second-order valence-electron chi connectivity index (χ2n) is 6.93. The van der Waals surface area contributed by atoms with Gasteiger partial charge in [-0.25, -0.2) is 4.98 Å². The Morgan fingerprint density at radius 1 is 1.11 bits per heavy atom. The summed E-state index contributed by atoms with van der Waals surface area (Å²) in [6.45, 7) is 6.72. The lowest BCUT2D eigenvalue weighted by Crippen LogP contribution is -2.26. The summed E-state index contributed by atoms with van der Waals surface area (Å²) in [4.78, 5) is 17.0. The molecule has 2 heterocycles. The molecule has 142 valence electrons. The van der Waals surface area contributed by atoms with Crippen LogP contribution in [0.1, 0.15) is 34.5 Å². The molecule has 1 N–H and O–H groups in total. The van der Waals surface area contributed by atoms with E-state index in [1.165, 1.54) is 5.56 Å². The van der Waals surface area contributed by atoms with Gasteiger partial charge in [0.2, 0.25) is 5.91 Å². The van der Waals surface area contributed by atoms with E-state index in [1.54, 1.807) is 0 Å². The van der Waals surface area contributed by atoms with E-state index in [2.05, 4.69) is 17.3 Å². The minimum atomic E-state index is 0.0609. The largest absolute Gasteiger partial charge is 0.356 e. The first-order chi connectivity index (χ1) is 12.9. The summed E-state index contributed by atoms with van der Waals surface area (Å²) in [7, 11) is 1.91. The molecule has 1 aromatic carbocycles. The van der Waals surface area contributed by atoms with Gasteiger partial charge in [0.25, 0.3) is 0 Å². The minimum absolute atomic E-state index is 0.0609. The first-order valence-corrected chi connectivity index (χ1v) is 9.55. The first-order valence-electron chi connectivity index (χ1n) is 9.17. The Kier molecular flexibility index (Phi) is 5.80. The van der Waals surface area contributed by atoms with Crippen LogP contribution in [0, 0.1) is 20.8 Å². The maximum atomic E-state index is 12.2. The summed E-state index contributed by atoms with van der Waals surface area (Å²) in [5.74, 6) is 0.0609. The van der Waals surface area contributed by atoms with Gasteiger partial charge in [-0.1, -0.05) is 23.7 Å². The van der Waals surface area contributed by atoms with Crippen molar-refractivity contribution in [2.24, 2.45) is 7.05 Å². The predicted octanol–water partition coefficient (Wildman–Crippen LogP) is 3.84. The molecule has 1 amide bonds. The van der Waals surface area contributed by atoms with Crippen LogP contribution in [-0.4, -0.2) is 27.2 Å². The monoisotopic (exact) mass is 384 g/mol. The van der Waals surface area contributed by atoms with Crippen molar-refractivity contribution in [3.05, 3.63) is 57.4 Å². The van der Waals surface area contributed by atoms with E-state index < -0.39 is 0 Å². The van der Waals surface area contributed by atoms with Crippen molar-refractivity contribution in [1.29, 1.82) is 0 Å². The van der Waals surface area contributed by atoms with Crippen molar-refractivity contribution in [2.45, 2.75) is 40.0 Å². The number of nitrogens with one attached hydrogen (secondary N) is 1. The van der Waals surface area contributed by atoms with Crippen LogP contribution in [-0.2, 0) is 24.7 Å². The Morgan fingerprint density at radius 2 is 1.81 bits per heavy atom. The zero-order chi connectivity index (χ0) is 19.6. The predicted molar refractivity (Wildman–Crippen MR) is 109 cm³/mol. The zero-order valence-corrected chi connectivity index (χ0v) is 17.0. The maximum absolute atomic E-state index is 12.2. The normalized spacial score (nSPS) is 11.1. The van der Waals surface area contributed by atoms with Crippen molar-refractivity contribution in [2.75, 3.05) is 6.54 Å². The molecule has 3 rings (SSSR count). The fourth-order valence-electron chi connectivity index (χ4n) is 3.55. The number of pyridine rings is 1. The van der Waals surface area contributed by atoms with Gasteiger partial charge in [0, 0.05) is 36.1 Å². The van der Waals surface area contributed by atoms with Crippen LogP contribution in [0.2, 0.25) is 5.02 Å². The van der Waals surface area contributed by atoms with Crippen LogP contribution < -0.4 is 5.32 Å². The highest BCUT2D eigenvalue weighted by atomic mass is 35.5. The quantitative estimate of drug-likeness (QED) is 0.702. The van der Waals surface area contributed by atoms with Gasteiger partial charge in [-0.05, 0) is 62.4 Å². The number of carbonyl (C=O) groups excluding carboxylic acids is 1. The fraction of sp³-hybridized carbons (Fsp3) is 0.381. The summed E-state index contributed by atoms with van der Waals surface area (Å²) >= 11 is 5.89. The molecule has 0 atom stereocenters. The average Bonchev–Trinajstić information content (AvgIpc) is 2.90. The third kappa shape index (κ3) is 4.30. The van der Waals surface area contributed by atoms with E-state index in [1.807, 2.05) is 49.8 Å². The molecule has 0 bridgehead atoms. The molecular formula is C21H25ClN4O. The number of rotatable bonds is 6. The molecule has 27 heavy (non-hydrogen) atoms. The van der Waals surface area contributed by atoms with Crippen LogP contribution >= 0.6 is 11.6 Å². The van der Waals surface area contributed by atoms with Crippen molar-refractivity contribution >= 4 is 28.5 Å². The van der Waals surface area contributed by atoms with Gasteiger partial charge in [-0.3, -0.25) is 9.48 Å². The Bertz CT molecular complexity index is 976. The van der Waals surface area contributed by atoms with Crippen molar-refractivity contribution < 1.29 is 4.79 Å². The fourth-order valence-corrected chi connectivity index (χ4v) is 3.68. The first kappa shape index (κ1) is 19.4. The molecule has 0 unspecified atom stereocenters. The molecular weight excluding hydrogens is 360 g/mol. The van der Waals surface area contributed by atoms with Gasteiger partial charge < -0.3 is 5.32 Å².